The summed E-state index contributed by atoms with van der Waals surface area (Å²) in [6, 6.07) is 7.88. The first-order chi connectivity index (χ1) is 8.66. The van der Waals surface area contributed by atoms with Crippen LogP contribution in [0.3, 0.4) is 0 Å². The number of hydrogen-bond acceptors (Lipinski definition) is 2. The number of pyridine rings is 1. The van der Waals surface area contributed by atoms with Crippen LogP contribution in [0.1, 0.15) is 11.1 Å². The first-order valence-electron chi connectivity index (χ1n) is 5.73. The Morgan fingerprint density at radius 3 is 2.72 bits per heavy atom. The van der Waals surface area contributed by atoms with Gasteiger partial charge in [-0.25, -0.2) is 9.97 Å². The minimum absolute atomic E-state index is 0.725. The van der Waals surface area contributed by atoms with E-state index in [2.05, 4.69) is 15.0 Å². The van der Waals surface area contributed by atoms with Crippen molar-refractivity contribution in [3.63, 3.8) is 0 Å². The molecule has 0 fully saturated rings. The molecule has 0 saturated carbocycles. The molecule has 3 aromatic rings. The number of rotatable bonds is 1. The van der Waals surface area contributed by atoms with Crippen molar-refractivity contribution in [1.29, 1.82) is 0 Å². The van der Waals surface area contributed by atoms with Gasteiger partial charge in [0, 0.05) is 11.8 Å². The van der Waals surface area contributed by atoms with E-state index >= 15 is 0 Å². The predicted molar refractivity (Wildman–Crippen MR) is 73.8 cm³/mol. The number of H-pyrrole nitrogens is 1. The highest BCUT2D eigenvalue weighted by Crippen LogP contribution is 2.29. The van der Waals surface area contributed by atoms with Crippen LogP contribution >= 0.6 is 11.6 Å². The molecule has 1 N–H and O–H groups in total. The fourth-order valence-corrected chi connectivity index (χ4v) is 2.21. The summed E-state index contributed by atoms with van der Waals surface area (Å²) in [5.74, 6) is 0.764. The monoisotopic (exact) mass is 257 g/mol. The summed E-state index contributed by atoms with van der Waals surface area (Å²) >= 11 is 6.31. The van der Waals surface area contributed by atoms with Gasteiger partial charge in [-0.05, 0) is 37.1 Å². The van der Waals surface area contributed by atoms with Crippen molar-refractivity contribution in [2.75, 3.05) is 0 Å². The van der Waals surface area contributed by atoms with E-state index in [1.807, 2.05) is 38.1 Å². The molecule has 0 aliphatic heterocycles. The first-order valence-corrected chi connectivity index (χ1v) is 6.11. The molecule has 90 valence electrons. The smallest absolute Gasteiger partial charge is 0.178 e. The molecule has 0 spiro atoms. The Bertz CT molecular complexity index is 731. The second-order valence-corrected chi connectivity index (χ2v) is 4.73. The lowest BCUT2D eigenvalue weighted by molar-refractivity contribution is 1.29. The highest BCUT2D eigenvalue weighted by molar-refractivity contribution is 6.34. The third-order valence-electron chi connectivity index (χ3n) is 3.05. The number of aromatic nitrogens is 3. The minimum atomic E-state index is 0.725. The molecule has 4 heteroatoms. The second-order valence-electron chi connectivity index (χ2n) is 4.35. The maximum absolute atomic E-state index is 6.31. The minimum Gasteiger partial charge on any atom is -0.336 e. The van der Waals surface area contributed by atoms with Crippen molar-refractivity contribution in [1.82, 2.24) is 15.0 Å². The summed E-state index contributed by atoms with van der Waals surface area (Å²) in [6.45, 7) is 4.02. The molecule has 0 radical (unpaired) electrons. The van der Waals surface area contributed by atoms with Crippen molar-refractivity contribution >= 4 is 22.8 Å². The van der Waals surface area contributed by atoms with Gasteiger partial charge in [-0.1, -0.05) is 23.7 Å². The molecule has 1 aromatic carbocycles. The van der Waals surface area contributed by atoms with Gasteiger partial charge in [-0.2, -0.15) is 0 Å². The highest BCUT2D eigenvalue weighted by atomic mass is 35.5. The number of imidazole rings is 1. The number of nitrogens with one attached hydrogen (secondary N) is 1. The van der Waals surface area contributed by atoms with Gasteiger partial charge >= 0.3 is 0 Å². The first kappa shape index (κ1) is 11.2. The van der Waals surface area contributed by atoms with E-state index in [1.165, 1.54) is 0 Å². The van der Waals surface area contributed by atoms with Gasteiger partial charge in [0.1, 0.15) is 5.82 Å². The summed E-state index contributed by atoms with van der Waals surface area (Å²) in [6.07, 6.45) is 1.76. The Morgan fingerprint density at radius 2 is 1.94 bits per heavy atom. The van der Waals surface area contributed by atoms with Gasteiger partial charge in [-0.3, -0.25) is 0 Å². The van der Waals surface area contributed by atoms with E-state index in [1.54, 1.807) is 6.20 Å². The summed E-state index contributed by atoms with van der Waals surface area (Å²) in [7, 11) is 0. The van der Waals surface area contributed by atoms with Crippen LogP contribution in [0.4, 0.5) is 0 Å². The molecule has 18 heavy (non-hydrogen) atoms. The summed E-state index contributed by atoms with van der Waals surface area (Å²) < 4.78 is 0. The Hall–Kier alpha value is -1.87. The van der Waals surface area contributed by atoms with Crippen molar-refractivity contribution in [3.8, 4) is 11.4 Å². The lowest BCUT2D eigenvalue weighted by atomic mass is 10.1. The van der Waals surface area contributed by atoms with E-state index < -0.39 is 0 Å². The van der Waals surface area contributed by atoms with E-state index in [-0.39, 0.29) is 0 Å². The van der Waals surface area contributed by atoms with Gasteiger partial charge in [0.05, 0.1) is 10.5 Å². The normalized spacial score (nSPS) is 11.1. The van der Waals surface area contributed by atoms with Crippen LogP contribution in [0.2, 0.25) is 5.02 Å². The topological polar surface area (TPSA) is 41.6 Å². The summed E-state index contributed by atoms with van der Waals surface area (Å²) in [5.41, 5.74) is 4.77. The van der Waals surface area contributed by atoms with Crippen LogP contribution in [0.5, 0.6) is 0 Å². The SMILES string of the molecule is Cc1cccc(-c2nc3nccc(C)c3[nH]2)c1Cl. The number of aromatic amines is 1. The Labute approximate surface area is 110 Å². The Morgan fingerprint density at radius 1 is 1.11 bits per heavy atom. The zero-order valence-corrected chi connectivity index (χ0v) is 10.9. The van der Waals surface area contributed by atoms with Crippen molar-refractivity contribution in [2.45, 2.75) is 13.8 Å². The van der Waals surface area contributed by atoms with Gasteiger partial charge in [0.2, 0.25) is 0 Å². The molecule has 0 amide bonds. The van der Waals surface area contributed by atoms with Crippen LogP contribution in [0.15, 0.2) is 30.5 Å². The zero-order chi connectivity index (χ0) is 12.7. The lowest BCUT2D eigenvalue weighted by Crippen LogP contribution is -1.84. The van der Waals surface area contributed by atoms with Crippen LogP contribution < -0.4 is 0 Å². The van der Waals surface area contributed by atoms with Gasteiger partial charge < -0.3 is 4.98 Å². The molecular formula is C14H12ClN3. The molecule has 0 unspecified atom stereocenters. The average molecular weight is 258 g/mol. The standard InChI is InChI=1S/C14H12ClN3/c1-8-4-3-5-10(11(8)15)13-17-12-9(2)6-7-16-14(12)18-13/h3-7H,1-2H3,(H,16,17,18). The molecule has 2 aromatic heterocycles. The van der Waals surface area contributed by atoms with Crippen LogP contribution in [-0.2, 0) is 0 Å². The fourth-order valence-electron chi connectivity index (χ4n) is 1.99. The number of nitrogens with zero attached hydrogens (tertiary/aromatic N) is 2. The fraction of sp³-hybridized carbons (Fsp3) is 0.143. The quantitative estimate of drug-likeness (QED) is 0.718. The molecule has 3 nitrogen and oxygen atoms in total. The Balaban J connectivity index is 2.26. The lowest BCUT2D eigenvalue weighted by Gasteiger charge is -2.02. The maximum Gasteiger partial charge on any atom is 0.178 e. The van der Waals surface area contributed by atoms with Gasteiger partial charge in [0.25, 0.3) is 0 Å². The zero-order valence-electron chi connectivity index (χ0n) is 10.2. The third-order valence-corrected chi connectivity index (χ3v) is 3.55. The molecule has 0 aliphatic carbocycles. The van der Waals surface area contributed by atoms with E-state index in [9.17, 15) is 0 Å². The van der Waals surface area contributed by atoms with E-state index in [0.717, 1.165) is 38.7 Å². The summed E-state index contributed by atoms with van der Waals surface area (Å²) in [4.78, 5) is 12.0. The van der Waals surface area contributed by atoms with E-state index in [4.69, 9.17) is 11.6 Å². The van der Waals surface area contributed by atoms with Crippen molar-refractivity contribution in [3.05, 3.63) is 46.6 Å². The van der Waals surface area contributed by atoms with Crippen LogP contribution in [0.25, 0.3) is 22.6 Å². The number of hydrogen-bond donors (Lipinski definition) is 1. The molecular weight excluding hydrogens is 246 g/mol. The average Bonchev–Trinajstić information content (AvgIpc) is 2.78. The number of halogens is 1. The molecule has 0 aliphatic rings. The maximum atomic E-state index is 6.31. The van der Waals surface area contributed by atoms with Crippen LogP contribution in [-0.4, -0.2) is 15.0 Å². The Kier molecular flexibility index (Phi) is 2.56. The molecule has 0 bridgehead atoms. The molecule has 0 saturated heterocycles. The number of aryl methyl sites for hydroxylation is 2. The molecule has 2 heterocycles. The highest BCUT2D eigenvalue weighted by Gasteiger charge is 2.11. The predicted octanol–water partition coefficient (Wildman–Crippen LogP) is 3.90. The second kappa shape index (κ2) is 4.10. The van der Waals surface area contributed by atoms with Crippen LogP contribution in [0, 0.1) is 13.8 Å². The van der Waals surface area contributed by atoms with Crippen molar-refractivity contribution in [2.24, 2.45) is 0 Å². The number of benzene rings is 1. The largest absolute Gasteiger partial charge is 0.336 e. The van der Waals surface area contributed by atoms with Gasteiger partial charge in [-0.15, -0.1) is 0 Å². The van der Waals surface area contributed by atoms with Crippen molar-refractivity contribution < 1.29 is 0 Å². The van der Waals surface area contributed by atoms with Gasteiger partial charge in [0.15, 0.2) is 5.65 Å². The number of fused-ring (bicyclic) bond motifs is 1. The third kappa shape index (κ3) is 1.68. The van der Waals surface area contributed by atoms with E-state index in [0.29, 0.717) is 0 Å². The molecule has 3 rings (SSSR count). The summed E-state index contributed by atoms with van der Waals surface area (Å²) in [5, 5.41) is 0.731. The molecule has 0 atom stereocenters.